The molecule has 0 fully saturated rings. The van der Waals surface area contributed by atoms with Crippen molar-refractivity contribution in [3.63, 3.8) is 0 Å². The average Bonchev–Trinajstić information content (AvgIpc) is 2.92. The second-order valence-electron chi connectivity index (χ2n) is 7.70. The third-order valence-electron chi connectivity index (χ3n) is 5.08. The molecule has 0 saturated heterocycles. The van der Waals surface area contributed by atoms with E-state index in [4.69, 9.17) is 21.3 Å². The molecule has 0 aromatic heterocycles. The van der Waals surface area contributed by atoms with Crippen LogP contribution in [0.4, 0.5) is 11.4 Å². The van der Waals surface area contributed by atoms with E-state index in [2.05, 4.69) is 10.6 Å². The van der Waals surface area contributed by atoms with Gasteiger partial charge in [0.15, 0.2) is 0 Å². The predicted octanol–water partition coefficient (Wildman–Crippen LogP) is 5.34. The van der Waals surface area contributed by atoms with Gasteiger partial charge in [0.25, 0.3) is 0 Å². The molecule has 0 bridgehead atoms. The van der Waals surface area contributed by atoms with Crippen LogP contribution in [0.3, 0.4) is 0 Å². The Morgan fingerprint density at radius 1 is 1.15 bits per heavy atom. The van der Waals surface area contributed by atoms with E-state index in [9.17, 15) is 9.59 Å². The number of halogens is 1. The van der Waals surface area contributed by atoms with Crippen molar-refractivity contribution < 1.29 is 14.3 Å². The third-order valence-corrected chi connectivity index (χ3v) is 6.24. The Hall–Kier alpha value is -2.77. The minimum absolute atomic E-state index is 0.0745. The van der Waals surface area contributed by atoms with Crippen molar-refractivity contribution in [1.29, 1.82) is 0 Å². The average molecular weight is 486 g/mol. The summed E-state index contributed by atoms with van der Waals surface area (Å²) in [5, 5.41) is 7.61. The summed E-state index contributed by atoms with van der Waals surface area (Å²) in [7, 11) is 0. The number of rotatable bonds is 8. The number of carbonyl (C=O) groups is 2. The van der Waals surface area contributed by atoms with Gasteiger partial charge in [0.05, 0.1) is 35.2 Å². The number of esters is 1. The van der Waals surface area contributed by atoms with Crippen LogP contribution in [0.1, 0.15) is 30.0 Å². The number of hydrogen-bond donors (Lipinski definition) is 2. The van der Waals surface area contributed by atoms with Gasteiger partial charge in [0, 0.05) is 17.3 Å². The molecule has 0 saturated carbocycles. The SMILES string of the molecule is CCOC(=O)CC1=CC(SCC(=O)NCCc2ccc(Cl)cc2)=Nc2cc(C)c(C)cc2N1. The smallest absolute Gasteiger partial charge is 0.311 e. The number of nitrogens with one attached hydrogen (secondary N) is 2. The number of ether oxygens (including phenoxy) is 1. The van der Waals surface area contributed by atoms with E-state index < -0.39 is 0 Å². The Morgan fingerprint density at radius 3 is 2.61 bits per heavy atom. The molecule has 0 atom stereocenters. The molecule has 2 aromatic rings. The first kappa shape index (κ1) is 24.9. The fraction of sp³-hybridized carbons (Fsp3) is 0.320. The van der Waals surface area contributed by atoms with Crippen molar-refractivity contribution in [2.24, 2.45) is 4.99 Å². The Balaban J connectivity index is 1.65. The molecule has 0 spiro atoms. The van der Waals surface area contributed by atoms with Gasteiger partial charge in [0.2, 0.25) is 5.91 Å². The van der Waals surface area contributed by atoms with E-state index >= 15 is 0 Å². The van der Waals surface area contributed by atoms with Gasteiger partial charge < -0.3 is 15.4 Å². The van der Waals surface area contributed by atoms with Crippen LogP contribution in [0.25, 0.3) is 0 Å². The Morgan fingerprint density at radius 2 is 1.88 bits per heavy atom. The molecule has 0 unspecified atom stereocenters. The zero-order valence-corrected chi connectivity index (χ0v) is 20.6. The molecule has 33 heavy (non-hydrogen) atoms. The van der Waals surface area contributed by atoms with E-state index in [0.29, 0.717) is 28.9 Å². The zero-order valence-electron chi connectivity index (χ0n) is 19.0. The van der Waals surface area contributed by atoms with E-state index in [1.165, 1.54) is 11.8 Å². The second-order valence-corrected chi connectivity index (χ2v) is 9.13. The lowest BCUT2D eigenvalue weighted by Crippen LogP contribution is -2.27. The fourth-order valence-corrected chi connectivity index (χ4v) is 4.12. The molecule has 174 valence electrons. The summed E-state index contributed by atoms with van der Waals surface area (Å²) in [6.07, 6.45) is 2.65. The topological polar surface area (TPSA) is 79.8 Å². The van der Waals surface area contributed by atoms with Crippen LogP contribution in [0, 0.1) is 13.8 Å². The van der Waals surface area contributed by atoms with Gasteiger partial charge in [-0.3, -0.25) is 9.59 Å². The first-order valence-electron chi connectivity index (χ1n) is 10.8. The summed E-state index contributed by atoms with van der Waals surface area (Å²) in [6.45, 7) is 6.71. The van der Waals surface area contributed by atoms with Crippen LogP contribution in [0.15, 0.2) is 53.2 Å². The first-order chi connectivity index (χ1) is 15.8. The molecule has 0 radical (unpaired) electrons. The number of nitrogens with zero attached hydrogens (tertiary/aromatic N) is 1. The van der Waals surface area contributed by atoms with Crippen LogP contribution < -0.4 is 10.6 Å². The lowest BCUT2D eigenvalue weighted by molar-refractivity contribution is -0.142. The summed E-state index contributed by atoms with van der Waals surface area (Å²) >= 11 is 7.24. The van der Waals surface area contributed by atoms with Crippen LogP contribution in [0.2, 0.25) is 5.02 Å². The Bertz CT molecular complexity index is 1080. The number of amides is 1. The number of anilines is 1. The van der Waals surface area contributed by atoms with Crippen molar-refractivity contribution >= 4 is 51.7 Å². The molecule has 2 aromatic carbocycles. The molecular formula is C25H28ClN3O3S. The standard InChI is InChI=1S/C25H28ClN3O3S/c1-4-32-25(31)14-20-13-24(29-22-12-17(3)16(2)11-21(22)28-20)33-15-23(30)27-10-9-18-5-7-19(26)8-6-18/h5-8,11-13,28H,4,9-10,14-15H2,1-3H3,(H,27,30). The van der Waals surface area contributed by atoms with Gasteiger partial charge in [-0.1, -0.05) is 35.5 Å². The number of thioether (sulfide) groups is 1. The lowest BCUT2D eigenvalue weighted by atomic mass is 10.1. The summed E-state index contributed by atoms with van der Waals surface area (Å²) in [4.78, 5) is 29.2. The van der Waals surface area contributed by atoms with Gasteiger partial charge in [-0.2, -0.15) is 0 Å². The van der Waals surface area contributed by atoms with Crippen molar-refractivity contribution in [2.75, 3.05) is 24.2 Å². The molecule has 2 N–H and O–H groups in total. The van der Waals surface area contributed by atoms with Gasteiger partial charge in [-0.25, -0.2) is 4.99 Å². The molecular weight excluding hydrogens is 458 g/mol. The monoisotopic (exact) mass is 485 g/mol. The van der Waals surface area contributed by atoms with E-state index in [1.54, 1.807) is 6.92 Å². The summed E-state index contributed by atoms with van der Waals surface area (Å²) in [6, 6.07) is 11.6. The number of fused-ring (bicyclic) bond motifs is 1. The number of carbonyl (C=O) groups excluding carboxylic acids is 2. The number of aryl methyl sites for hydroxylation is 2. The highest BCUT2D eigenvalue weighted by atomic mass is 35.5. The summed E-state index contributed by atoms with van der Waals surface area (Å²) in [5.41, 5.74) is 5.65. The maximum absolute atomic E-state index is 12.4. The molecule has 1 amide bonds. The second kappa shape index (κ2) is 11.9. The largest absolute Gasteiger partial charge is 0.466 e. The molecule has 1 aliphatic heterocycles. The summed E-state index contributed by atoms with van der Waals surface area (Å²) < 4.78 is 5.10. The molecule has 6 nitrogen and oxygen atoms in total. The Kier molecular flexibility index (Phi) is 8.97. The van der Waals surface area contributed by atoms with E-state index in [0.717, 1.165) is 34.5 Å². The van der Waals surface area contributed by atoms with E-state index in [1.807, 2.05) is 56.3 Å². The van der Waals surface area contributed by atoms with Gasteiger partial charge in [-0.05, 0) is 74.2 Å². The lowest BCUT2D eigenvalue weighted by Gasteiger charge is -2.12. The van der Waals surface area contributed by atoms with Crippen molar-refractivity contribution in [3.8, 4) is 0 Å². The Labute approximate surface area is 203 Å². The first-order valence-corrected chi connectivity index (χ1v) is 12.2. The van der Waals surface area contributed by atoms with Gasteiger partial charge in [-0.15, -0.1) is 0 Å². The summed E-state index contributed by atoms with van der Waals surface area (Å²) in [5.74, 6) is -0.162. The minimum atomic E-state index is -0.312. The predicted molar refractivity (Wildman–Crippen MR) is 137 cm³/mol. The number of aliphatic imine (C=N–C) groups is 1. The third kappa shape index (κ3) is 7.65. The zero-order chi connectivity index (χ0) is 23.8. The highest BCUT2D eigenvalue weighted by Crippen LogP contribution is 2.33. The quantitative estimate of drug-likeness (QED) is 0.493. The van der Waals surface area contributed by atoms with Gasteiger partial charge in [0.1, 0.15) is 0 Å². The van der Waals surface area contributed by atoms with E-state index in [-0.39, 0.29) is 24.1 Å². The van der Waals surface area contributed by atoms with Crippen LogP contribution in [-0.2, 0) is 20.7 Å². The maximum atomic E-state index is 12.4. The fourth-order valence-electron chi connectivity index (χ4n) is 3.23. The maximum Gasteiger partial charge on any atom is 0.311 e. The van der Waals surface area contributed by atoms with Crippen LogP contribution in [0.5, 0.6) is 0 Å². The van der Waals surface area contributed by atoms with Crippen molar-refractivity contribution in [1.82, 2.24) is 5.32 Å². The molecule has 1 heterocycles. The minimum Gasteiger partial charge on any atom is -0.466 e. The normalized spacial score (nSPS) is 12.6. The molecule has 3 rings (SSSR count). The number of hydrogen-bond acceptors (Lipinski definition) is 6. The highest BCUT2D eigenvalue weighted by Gasteiger charge is 2.16. The van der Waals surface area contributed by atoms with Crippen molar-refractivity contribution in [3.05, 3.63) is 69.9 Å². The van der Waals surface area contributed by atoms with Crippen LogP contribution >= 0.6 is 23.4 Å². The van der Waals surface area contributed by atoms with Crippen molar-refractivity contribution in [2.45, 2.75) is 33.6 Å². The number of benzene rings is 2. The van der Waals surface area contributed by atoms with Crippen LogP contribution in [-0.4, -0.2) is 35.8 Å². The molecule has 8 heteroatoms. The highest BCUT2D eigenvalue weighted by molar-refractivity contribution is 8.14. The van der Waals surface area contributed by atoms with Gasteiger partial charge >= 0.3 is 5.97 Å². The molecule has 1 aliphatic rings. The molecule has 0 aliphatic carbocycles.